The van der Waals surface area contributed by atoms with Crippen molar-refractivity contribution in [3.8, 4) is 0 Å². The van der Waals surface area contributed by atoms with Gasteiger partial charge in [0.25, 0.3) is 0 Å². The highest BCUT2D eigenvalue weighted by Gasteiger charge is 1.97. The molecule has 2 aromatic rings. The fraction of sp³-hybridized carbons (Fsp3) is 0.250. The van der Waals surface area contributed by atoms with Crippen molar-refractivity contribution in [3.63, 3.8) is 0 Å². The molecule has 0 spiro atoms. The number of aliphatic hydroxyl groups excluding tert-OH is 1. The standard InChI is InChI=1S/C9H12BrNO.C7H8BrN/c1-11(6-7-12)9-4-2-8(10)3-5-9;1-9-7-4-2-6(8)3-5-7/h2-5,12H,6-7H2,1H3;2-5,9H,1H3. The summed E-state index contributed by atoms with van der Waals surface area (Å²) in [6.45, 7) is 0.855. The second-order valence-corrected chi connectivity index (χ2v) is 6.21. The maximum atomic E-state index is 8.70. The van der Waals surface area contributed by atoms with Crippen LogP contribution in [0.5, 0.6) is 0 Å². The third-order valence-corrected chi connectivity index (χ3v) is 3.89. The Morgan fingerprint density at radius 1 is 0.952 bits per heavy atom. The number of nitrogens with one attached hydrogen (secondary N) is 1. The highest BCUT2D eigenvalue weighted by Crippen LogP contribution is 2.16. The minimum absolute atomic E-state index is 0.187. The molecule has 0 fully saturated rings. The van der Waals surface area contributed by atoms with Crippen molar-refractivity contribution in [2.24, 2.45) is 0 Å². The van der Waals surface area contributed by atoms with E-state index < -0.39 is 0 Å². The van der Waals surface area contributed by atoms with Gasteiger partial charge in [-0.15, -0.1) is 0 Å². The zero-order valence-electron chi connectivity index (χ0n) is 12.2. The molecule has 2 rings (SSSR count). The van der Waals surface area contributed by atoms with Crippen LogP contribution < -0.4 is 10.2 Å². The number of nitrogens with zero attached hydrogens (tertiary/aromatic N) is 1. The largest absolute Gasteiger partial charge is 0.395 e. The summed E-state index contributed by atoms with van der Waals surface area (Å²) in [6.07, 6.45) is 0. The summed E-state index contributed by atoms with van der Waals surface area (Å²) < 4.78 is 2.19. The smallest absolute Gasteiger partial charge is 0.0606 e. The molecule has 0 bridgehead atoms. The van der Waals surface area contributed by atoms with Gasteiger partial charge in [-0.3, -0.25) is 0 Å². The molecule has 0 amide bonds. The molecule has 0 unspecified atom stereocenters. The Balaban J connectivity index is 0.000000219. The number of halogens is 2. The summed E-state index contributed by atoms with van der Waals surface area (Å²) >= 11 is 6.71. The normalized spacial score (nSPS) is 9.57. The fourth-order valence-corrected chi connectivity index (χ4v) is 2.12. The molecule has 0 saturated carbocycles. The highest BCUT2D eigenvalue weighted by molar-refractivity contribution is 9.10. The van der Waals surface area contributed by atoms with Crippen molar-refractivity contribution in [2.75, 3.05) is 37.5 Å². The van der Waals surface area contributed by atoms with E-state index in [0.29, 0.717) is 6.54 Å². The summed E-state index contributed by atoms with van der Waals surface area (Å²) in [5.74, 6) is 0. The zero-order valence-corrected chi connectivity index (χ0v) is 15.4. The third kappa shape index (κ3) is 6.98. The van der Waals surface area contributed by atoms with Gasteiger partial charge in [0.15, 0.2) is 0 Å². The molecule has 5 heteroatoms. The van der Waals surface area contributed by atoms with Crippen molar-refractivity contribution in [1.82, 2.24) is 0 Å². The number of hydrogen-bond donors (Lipinski definition) is 2. The van der Waals surface area contributed by atoms with E-state index in [1.807, 2.05) is 67.5 Å². The van der Waals surface area contributed by atoms with Gasteiger partial charge in [-0.2, -0.15) is 0 Å². The first-order valence-corrected chi connectivity index (χ1v) is 8.16. The number of rotatable bonds is 4. The van der Waals surface area contributed by atoms with Crippen molar-refractivity contribution < 1.29 is 5.11 Å². The molecule has 2 aromatic carbocycles. The van der Waals surface area contributed by atoms with Crippen LogP contribution in [0, 0.1) is 0 Å². The van der Waals surface area contributed by atoms with Crippen LogP contribution in [0.15, 0.2) is 57.5 Å². The number of likely N-dealkylation sites (N-methyl/N-ethyl adjacent to an activating group) is 1. The predicted molar refractivity (Wildman–Crippen MR) is 98.2 cm³/mol. The van der Waals surface area contributed by atoms with Crippen LogP contribution >= 0.6 is 31.9 Å². The van der Waals surface area contributed by atoms with Gasteiger partial charge in [0.1, 0.15) is 0 Å². The van der Waals surface area contributed by atoms with Gasteiger partial charge in [0.2, 0.25) is 0 Å². The molecule has 2 N–H and O–H groups in total. The van der Waals surface area contributed by atoms with Crippen LogP contribution in [0.1, 0.15) is 0 Å². The molecule has 3 nitrogen and oxygen atoms in total. The van der Waals surface area contributed by atoms with Crippen molar-refractivity contribution in [2.45, 2.75) is 0 Å². The minimum atomic E-state index is 0.187. The topological polar surface area (TPSA) is 35.5 Å². The van der Waals surface area contributed by atoms with E-state index in [-0.39, 0.29) is 6.61 Å². The zero-order chi connectivity index (χ0) is 15.7. The summed E-state index contributed by atoms with van der Waals surface area (Å²) in [4.78, 5) is 2.01. The maximum absolute atomic E-state index is 8.70. The number of aliphatic hydroxyl groups is 1. The molecule has 0 aliphatic rings. The van der Waals surface area contributed by atoms with Crippen LogP contribution in [0.2, 0.25) is 0 Å². The van der Waals surface area contributed by atoms with E-state index in [1.54, 1.807) is 0 Å². The van der Waals surface area contributed by atoms with Crippen molar-refractivity contribution >= 4 is 43.2 Å². The van der Waals surface area contributed by atoms with E-state index in [4.69, 9.17) is 5.11 Å². The van der Waals surface area contributed by atoms with Gasteiger partial charge in [-0.05, 0) is 48.5 Å². The minimum Gasteiger partial charge on any atom is -0.395 e. The molecule has 0 radical (unpaired) electrons. The highest BCUT2D eigenvalue weighted by atomic mass is 79.9. The molecule has 21 heavy (non-hydrogen) atoms. The molecule has 0 aliphatic carbocycles. The molecule has 0 aromatic heterocycles. The van der Waals surface area contributed by atoms with E-state index in [9.17, 15) is 0 Å². The van der Waals surface area contributed by atoms with Crippen LogP contribution in [-0.4, -0.2) is 32.4 Å². The SMILES string of the molecule is CN(CCO)c1ccc(Br)cc1.CNc1ccc(Br)cc1. The third-order valence-electron chi connectivity index (χ3n) is 2.84. The van der Waals surface area contributed by atoms with Gasteiger partial charge in [-0.25, -0.2) is 0 Å². The summed E-state index contributed by atoms with van der Waals surface area (Å²) in [7, 11) is 3.86. The number of hydrogen-bond acceptors (Lipinski definition) is 3. The van der Waals surface area contributed by atoms with E-state index in [1.165, 1.54) is 0 Å². The lowest BCUT2D eigenvalue weighted by Crippen LogP contribution is -2.20. The Hall–Kier alpha value is -1.04. The van der Waals surface area contributed by atoms with Gasteiger partial charge in [0.05, 0.1) is 6.61 Å². The Bertz CT molecular complexity index is 515. The molecular weight excluding hydrogens is 396 g/mol. The Kier molecular flexibility index (Phi) is 8.42. The lowest BCUT2D eigenvalue weighted by atomic mass is 10.3. The Morgan fingerprint density at radius 2 is 1.43 bits per heavy atom. The summed E-state index contributed by atoms with van der Waals surface area (Å²) in [5, 5.41) is 11.7. The molecule has 0 saturated heterocycles. The monoisotopic (exact) mass is 414 g/mol. The maximum Gasteiger partial charge on any atom is 0.0606 e. The van der Waals surface area contributed by atoms with Crippen LogP contribution in [-0.2, 0) is 0 Å². The quantitative estimate of drug-likeness (QED) is 0.778. The summed E-state index contributed by atoms with van der Waals surface area (Å²) in [5.41, 5.74) is 2.26. The number of benzene rings is 2. The second-order valence-electron chi connectivity index (χ2n) is 4.38. The Labute approximate surface area is 143 Å². The van der Waals surface area contributed by atoms with Gasteiger partial charge in [-0.1, -0.05) is 31.9 Å². The first-order chi connectivity index (χ1) is 10.1. The average Bonchev–Trinajstić information content (AvgIpc) is 2.50. The molecule has 0 atom stereocenters. The second kappa shape index (κ2) is 9.82. The Morgan fingerprint density at radius 3 is 1.86 bits per heavy atom. The van der Waals surface area contributed by atoms with Crippen LogP contribution in [0.25, 0.3) is 0 Å². The van der Waals surface area contributed by atoms with Gasteiger partial charge in [0, 0.05) is 41.0 Å². The molecule has 0 aliphatic heterocycles. The lowest BCUT2D eigenvalue weighted by Gasteiger charge is -2.17. The molecule has 114 valence electrons. The average molecular weight is 416 g/mol. The lowest BCUT2D eigenvalue weighted by molar-refractivity contribution is 0.304. The fourth-order valence-electron chi connectivity index (χ4n) is 1.59. The van der Waals surface area contributed by atoms with Crippen molar-refractivity contribution in [3.05, 3.63) is 57.5 Å². The first-order valence-electron chi connectivity index (χ1n) is 6.57. The predicted octanol–water partition coefficient (Wildman–Crippen LogP) is 4.37. The van der Waals surface area contributed by atoms with E-state index in [0.717, 1.165) is 20.3 Å². The molecule has 0 heterocycles. The van der Waals surface area contributed by atoms with Gasteiger partial charge >= 0.3 is 0 Å². The van der Waals surface area contributed by atoms with E-state index >= 15 is 0 Å². The van der Waals surface area contributed by atoms with Crippen LogP contribution in [0.4, 0.5) is 11.4 Å². The van der Waals surface area contributed by atoms with Crippen LogP contribution in [0.3, 0.4) is 0 Å². The van der Waals surface area contributed by atoms with Crippen molar-refractivity contribution in [1.29, 1.82) is 0 Å². The van der Waals surface area contributed by atoms with E-state index in [2.05, 4.69) is 37.2 Å². The number of anilines is 2. The summed E-state index contributed by atoms with van der Waals surface area (Å²) in [6, 6.07) is 16.1. The van der Waals surface area contributed by atoms with Gasteiger partial charge < -0.3 is 15.3 Å². The first kappa shape index (κ1) is 18.0. The molecular formula is C16H20Br2N2O.